The first kappa shape index (κ1) is 24.3. The summed E-state index contributed by atoms with van der Waals surface area (Å²) < 4.78 is 11.0. The lowest BCUT2D eigenvalue weighted by Crippen LogP contribution is -2.50. The van der Waals surface area contributed by atoms with E-state index in [1.165, 1.54) is 0 Å². The number of amides is 2. The van der Waals surface area contributed by atoms with Crippen molar-refractivity contribution in [2.45, 2.75) is 53.1 Å². The number of benzene rings is 2. The van der Waals surface area contributed by atoms with Crippen LogP contribution in [0.2, 0.25) is 0 Å². The topological polar surface area (TPSA) is 67.9 Å². The van der Waals surface area contributed by atoms with E-state index in [-0.39, 0.29) is 18.4 Å². The van der Waals surface area contributed by atoms with Gasteiger partial charge in [0.15, 0.2) is 6.61 Å². The van der Waals surface area contributed by atoms with Crippen LogP contribution in [0, 0.1) is 13.8 Å². The average Bonchev–Trinajstić information content (AvgIpc) is 2.77. The first-order valence-corrected chi connectivity index (χ1v) is 10.8. The molecule has 0 aliphatic heterocycles. The van der Waals surface area contributed by atoms with Crippen molar-refractivity contribution >= 4 is 11.8 Å². The normalized spacial score (nSPS) is 11.5. The van der Waals surface area contributed by atoms with Gasteiger partial charge < -0.3 is 19.7 Å². The minimum Gasteiger partial charge on any atom is -0.497 e. The maximum absolute atomic E-state index is 13.2. The molecule has 6 heteroatoms. The van der Waals surface area contributed by atoms with Crippen LogP contribution in [0.25, 0.3) is 0 Å². The summed E-state index contributed by atoms with van der Waals surface area (Å²) >= 11 is 0. The van der Waals surface area contributed by atoms with Crippen LogP contribution in [0.3, 0.4) is 0 Å². The molecule has 0 aliphatic rings. The summed E-state index contributed by atoms with van der Waals surface area (Å²) in [5, 5.41) is 2.92. The van der Waals surface area contributed by atoms with E-state index in [1.807, 2.05) is 70.2 Å². The number of nitrogens with one attached hydrogen (secondary N) is 1. The minimum absolute atomic E-state index is 0.127. The van der Waals surface area contributed by atoms with Crippen LogP contribution in [-0.4, -0.2) is 43.0 Å². The van der Waals surface area contributed by atoms with Crippen LogP contribution in [0.15, 0.2) is 42.5 Å². The second-order valence-electron chi connectivity index (χ2n) is 7.64. The summed E-state index contributed by atoms with van der Waals surface area (Å²) in [5.41, 5.74) is 3.03. The summed E-state index contributed by atoms with van der Waals surface area (Å²) in [7, 11) is 1.61. The molecule has 0 heterocycles. The molecule has 0 saturated heterocycles. The Labute approximate surface area is 185 Å². The van der Waals surface area contributed by atoms with Gasteiger partial charge in [-0.25, -0.2) is 0 Å². The fourth-order valence-corrected chi connectivity index (χ4v) is 3.40. The molecular formula is C25H34N2O4. The average molecular weight is 427 g/mol. The molecule has 1 unspecified atom stereocenters. The first-order chi connectivity index (χ1) is 14.9. The van der Waals surface area contributed by atoms with Gasteiger partial charge in [-0.2, -0.15) is 0 Å². The fourth-order valence-electron chi connectivity index (χ4n) is 3.40. The van der Waals surface area contributed by atoms with Crippen LogP contribution in [-0.2, 0) is 16.1 Å². The van der Waals surface area contributed by atoms with Gasteiger partial charge in [-0.3, -0.25) is 9.59 Å². The molecule has 0 spiro atoms. The summed E-state index contributed by atoms with van der Waals surface area (Å²) in [6, 6.07) is 12.8. The molecule has 2 aromatic carbocycles. The van der Waals surface area contributed by atoms with Crippen molar-refractivity contribution in [2.75, 3.05) is 20.3 Å². The molecule has 2 aromatic rings. The Morgan fingerprint density at radius 2 is 1.77 bits per heavy atom. The van der Waals surface area contributed by atoms with E-state index in [9.17, 15) is 9.59 Å². The van der Waals surface area contributed by atoms with Gasteiger partial charge in [0.2, 0.25) is 5.91 Å². The van der Waals surface area contributed by atoms with E-state index < -0.39 is 6.04 Å². The highest BCUT2D eigenvalue weighted by molar-refractivity contribution is 5.88. The number of aryl methyl sites for hydroxylation is 2. The van der Waals surface area contributed by atoms with Gasteiger partial charge in [-0.15, -0.1) is 0 Å². The Hall–Kier alpha value is -3.02. The van der Waals surface area contributed by atoms with Gasteiger partial charge >= 0.3 is 0 Å². The molecule has 168 valence electrons. The molecule has 0 aliphatic carbocycles. The highest BCUT2D eigenvalue weighted by Crippen LogP contribution is 2.20. The number of methoxy groups -OCH3 is 1. The van der Waals surface area contributed by atoms with Crippen molar-refractivity contribution in [3.05, 3.63) is 59.2 Å². The molecule has 6 nitrogen and oxygen atoms in total. The van der Waals surface area contributed by atoms with Crippen LogP contribution in [0.4, 0.5) is 0 Å². The largest absolute Gasteiger partial charge is 0.497 e. The fraction of sp³-hybridized carbons (Fsp3) is 0.440. The summed E-state index contributed by atoms with van der Waals surface area (Å²) in [5.74, 6) is 1.05. The summed E-state index contributed by atoms with van der Waals surface area (Å²) in [6.45, 7) is 8.65. The Balaban J connectivity index is 2.20. The van der Waals surface area contributed by atoms with Crippen molar-refractivity contribution in [3.8, 4) is 11.5 Å². The van der Waals surface area contributed by atoms with E-state index in [2.05, 4.69) is 5.32 Å². The maximum atomic E-state index is 13.2. The highest BCUT2D eigenvalue weighted by atomic mass is 16.5. The first-order valence-electron chi connectivity index (χ1n) is 10.8. The van der Waals surface area contributed by atoms with Gasteiger partial charge in [-0.1, -0.05) is 43.7 Å². The second-order valence-corrected chi connectivity index (χ2v) is 7.64. The van der Waals surface area contributed by atoms with Gasteiger partial charge in [0.25, 0.3) is 5.91 Å². The molecular weight excluding hydrogens is 392 g/mol. The maximum Gasteiger partial charge on any atom is 0.261 e. The number of carbonyl (C=O) groups excluding carboxylic acids is 2. The van der Waals surface area contributed by atoms with E-state index in [1.54, 1.807) is 12.0 Å². The van der Waals surface area contributed by atoms with Crippen LogP contribution in [0.1, 0.15) is 43.4 Å². The molecule has 0 radical (unpaired) electrons. The van der Waals surface area contributed by atoms with E-state index in [0.717, 1.165) is 28.9 Å². The predicted molar refractivity (Wildman–Crippen MR) is 122 cm³/mol. The van der Waals surface area contributed by atoms with E-state index in [4.69, 9.17) is 9.47 Å². The minimum atomic E-state index is -0.566. The van der Waals surface area contributed by atoms with Crippen molar-refractivity contribution in [2.24, 2.45) is 0 Å². The SMILES string of the molecule is CCCNC(=O)C(CC)N(Cc1ccc(OC)cc1)C(=O)COc1ccc(C)cc1C. The number of nitrogens with zero attached hydrogens (tertiary/aromatic N) is 1. The van der Waals surface area contributed by atoms with Crippen molar-refractivity contribution in [1.82, 2.24) is 10.2 Å². The van der Waals surface area contributed by atoms with Crippen molar-refractivity contribution < 1.29 is 19.1 Å². The molecule has 0 aromatic heterocycles. The zero-order valence-corrected chi connectivity index (χ0v) is 19.2. The van der Waals surface area contributed by atoms with Crippen LogP contribution in [0.5, 0.6) is 11.5 Å². The third-order valence-corrected chi connectivity index (χ3v) is 5.13. The summed E-state index contributed by atoms with van der Waals surface area (Å²) in [6.07, 6.45) is 1.35. The number of carbonyl (C=O) groups is 2. The van der Waals surface area contributed by atoms with E-state index in [0.29, 0.717) is 25.3 Å². The molecule has 0 saturated carbocycles. The zero-order valence-electron chi connectivity index (χ0n) is 19.2. The number of hydrogen-bond acceptors (Lipinski definition) is 4. The van der Waals surface area contributed by atoms with Crippen molar-refractivity contribution in [1.29, 1.82) is 0 Å². The highest BCUT2D eigenvalue weighted by Gasteiger charge is 2.28. The van der Waals surface area contributed by atoms with E-state index >= 15 is 0 Å². The molecule has 2 rings (SSSR count). The number of rotatable bonds is 11. The quantitative estimate of drug-likeness (QED) is 0.589. The number of ether oxygens (including phenoxy) is 2. The monoisotopic (exact) mass is 426 g/mol. The molecule has 0 fully saturated rings. The van der Waals surface area contributed by atoms with Gasteiger partial charge in [0.05, 0.1) is 7.11 Å². The number of hydrogen-bond donors (Lipinski definition) is 1. The smallest absolute Gasteiger partial charge is 0.261 e. The Bertz CT molecular complexity index is 864. The second kappa shape index (κ2) is 12.0. The molecule has 0 bridgehead atoms. The van der Waals surface area contributed by atoms with Gasteiger partial charge in [0.1, 0.15) is 17.5 Å². The van der Waals surface area contributed by atoms with Crippen LogP contribution >= 0.6 is 0 Å². The predicted octanol–water partition coefficient (Wildman–Crippen LogP) is 4.02. The Kier molecular flexibility index (Phi) is 9.38. The third kappa shape index (κ3) is 7.02. The van der Waals surface area contributed by atoms with Gasteiger partial charge in [0, 0.05) is 13.1 Å². The van der Waals surface area contributed by atoms with Crippen molar-refractivity contribution in [3.63, 3.8) is 0 Å². The molecule has 2 amide bonds. The lowest BCUT2D eigenvalue weighted by Gasteiger charge is -2.30. The van der Waals surface area contributed by atoms with Gasteiger partial charge in [-0.05, 0) is 56.0 Å². The summed E-state index contributed by atoms with van der Waals surface area (Å²) in [4.78, 5) is 27.6. The molecule has 1 N–H and O–H groups in total. The molecule has 1 atom stereocenters. The standard InChI is InChI=1S/C25H34N2O4/c1-6-14-26-25(29)22(7-2)27(16-20-9-11-21(30-5)12-10-20)24(28)17-31-23-13-8-18(3)15-19(23)4/h8-13,15,22H,6-7,14,16-17H2,1-5H3,(H,26,29). The lowest BCUT2D eigenvalue weighted by atomic mass is 10.1. The molecule has 31 heavy (non-hydrogen) atoms. The Morgan fingerprint density at radius 3 is 2.35 bits per heavy atom. The third-order valence-electron chi connectivity index (χ3n) is 5.13. The van der Waals surface area contributed by atoms with Crippen LogP contribution < -0.4 is 14.8 Å². The lowest BCUT2D eigenvalue weighted by molar-refractivity contribution is -0.143. The Morgan fingerprint density at radius 1 is 1.06 bits per heavy atom. The zero-order chi connectivity index (χ0) is 22.8.